The van der Waals surface area contributed by atoms with Gasteiger partial charge in [-0.25, -0.2) is 0 Å². The zero-order chi connectivity index (χ0) is 17.1. The topological polar surface area (TPSA) is 46.3 Å². The van der Waals surface area contributed by atoms with Gasteiger partial charge < -0.3 is 4.90 Å². The largest absolute Gasteiger partial charge is 0.354 e. The zero-order valence-corrected chi connectivity index (χ0v) is 15.3. The third-order valence-electron chi connectivity index (χ3n) is 4.64. The summed E-state index contributed by atoms with van der Waals surface area (Å²) >= 11 is 2.07. The van der Waals surface area contributed by atoms with E-state index in [0.29, 0.717) is 5.25 Å². The molecule has 25 heavy (non-hydrogen) atoms. The summed E-state index contributed by atoms with van der Waals surface area (Å²) in [6, 6.07) is 14.2. The zero-order valence-electron chi connectivity index (χ0n) is 14.5. The lowest BCUT2D eigenvalue weighted by Crippen LogP contribution is -2.30. The van der Waals surface area contributed by atoms with Crippen molar-refractivity contribution in [2.75, 3.05) is 23.7 Å². The van der Waals surface area contributed by atoms with Gasteiger partial charge in [0.1, 0.15) is 5.82 Å². The summed E-state index contributed by atoms with van der Waals surface area (Å²) in [4.78, 5) is 2.43. The second-order valence-corrected chi connectivity index (χ2v) is 7.95. The van der Waals surface area contributed by atoms with Crippen molar-refractivity contribution in [2.45, 2.75) is 31.4 Å². The molecule has 130 valence electrons. The molecule has 1 aliphatic heterocycles. The maximum Gasteiger partial charge on any atom is 0.185 e. The molecule has 0 radical (unpaired) electrons. The predicted octanol–water partition coefficient (Wildman–Crippen LogP) is 3.90. The van der Waals surface area contributed by atoms with Crippen LogP contribution in [0.5, 0.6) is 0 Å². The van der Waals surface area contributed by atoms with Crippen molar-refractivity contribution in [3.63, 3.8) is 0 Å². The van der Waals surface area contributed by atoms with Gasteiger partial charge >= 0.3 is 0 Å². The molecular weight excluding hydrogens is 330 g/mol. The van der Waals surface area contributed by atoms with Gasteiger partial charge in [0.25, 0.3) is 0 Å². The van der Waals surface area contributed by atoms with Gasteiger partial charge in [-0.05, 0) is 30.7 Å². The lowest BCUT2D eigenvalue weighted by atomic mass is 10.2. The van der Waals surface area contributed by atoms with Crippen LogP contribution < -0.4 is 4.90 Å². The number of nitrogens with zero attached hydrogens (tertiary/aromatic N) is 5. The van der Waals surface area contributed by atoms with Crippen LogP contribution >= 0.6 is 11.8 Å². The summed E-state index contributed by atoms with van der Waals surface area (Å²) in [7, 11) is 0. The van der Waals surface area contributed by atoms with E-state index < -0.39 is 0 Å². The molecule has 1 saturated heterocycles. The van der Waals surface area contributed by atoms with E-state index in [-0.39, 0.29) is 0 Å². The Morgan fingerprint density at radius 3 is 2.80 bits per heavy atom. The third kappa shape index (κ3) is 3.49. The molecule has 0 spiro atoms. The van der Waals surface area contributed by atoms with E-state index in [1.807, 2.05) is 40.9 Å². The van der Waals surface area contributed by atoms with E-state index in [1.165, 1.54) is 25.0 Å². The Morgan fingerprint density at radius 2 is 1.96 bits per heavy atom. The van der Waals surface area contributed by atoms with Crippen molar-refractivity contribution in [1.82, 2.24) is 19.8 Å². The molecule has 1 aromatic carbocycles. The fraction of sp³-hybridized carbons (Fsp3) is 0.421. The molecule has 0 aliphatic carbocycles. The fourth-order valence-electron chi connectivity index (χ4n) is 3.40. The monoisotopic (exact) mass is 353 g/mol. The quantitative estimate of drug-likeness (QED) is 0.712. The average Bonchev–Trinajstić information content (AvgIpc) is 2.94. The summed E-state index contributed by atoms with van der Waals surface area (Å²) in [6.07, 6.45) is 3.84. The molecule has 1 aliphatic rings. The van der Waals surface area contributed by atoms with E-state index in [4.69, 9.17) is 5.10 Å². The van der Waals surface area contributed by atoms with Crippen molar-refractivity contribution in [3.05, 3.63) is 42.5 Å². The number of anilines is 1. The number of thioether (sulfide) groups is 1. The summed E-state index contributed by atoms with van der Waals surface area (Å²) in [6.45, 7) is 4.38. The van der Waals surface area contributed by atoms with Gasteiger partial charge in [0, 0.05) is 23.9 Å². The van der Waals surface area contributed by atoms with Crippen LogP contribution in [0.4, 0.5) is 5.82 Å². The summed E-state index contributed by atoms with van der Waals surface area (Å²) in [5.41, 5.74) is 1.83. The first kappa shape index (κ1) is 16.4. The van der Waals surface area contributed by atoms with E-state index >= 15 is 0 Å². The molecular formula is C19H23N5S. The van der Waals surface area contributed by atoms with Crippen molar-refractivity contribution < 1.29 is 0 Å². The van der Waals surface area contributed by atoms with Crippen molar-refractivity contribution in [1.29, 1.82) is 0 Å². The van der Waals surface area contributed by atoms with E-state index in [0.717, 1.165) is 35.9 Å². The highest BCUT2D eigenvalue weighted by molar-refractivity contribution is 7.99. The molecule has 0 N–H and O–H groups in total. The molecule has 6 heteroatoms. The number of aromatic nitrogens is 4. The Hall–Kier alpha value is -2.08. The predicted molar refractivity (Wildman–Crippen MR) is 104 cm³/mol. The third-order valence-corrected chi connectivity index (χ3v) is 5.82. The van der Waals surface area contributed by atoms with Gasteiger partial charge in [0.05, 0.1) is 0 Å². The van der Waals surface area contributed by atoms with Gasteiger partial charge in [-0.15, -0.1) is 15.3 Å². The first-order valence-electron chi connectivity index (χ1n) is 8.99. The smallest absolute Gasteiger partial charge is 0.185 e. The second kappa shape index (κ2) is 7.44. The molecule has 1 fully saturated rings. The fourth-order valence-corrected chi connectivity index (χ4v) is 4.49. The van der Waals surface area contributed by atoms with Crippen molar-refractivity contribution >= 4 is 23.2 Å². The minimum atomic E-state index is 0.694. The Balaban J connectivity index is 1.68. The molecule has 1 unspecified atom stereocenters. The Labute approximate surface area is 152 Å². The molecule has 2 aromatic heterocycles. The van der Waals surface area contributed by atoms with E-state index in [2.05, 4.69) is 39.8 Å². The highest BCUT2D eigenvalue weighted by Crippen LogP contribution is 2.25. The van der Waals surface area contributed by atoms with Crippen LogP contribution in [-0.4, -0.2) is 43.9 Å². The Morgan fingerprint density at radius 1 is 1.08 bits per heavy atom. The lowest BCUT2D eigenvalue weighted by Gasteiger charge is -2.25. The minimum Gasteiger partial charge on any atom is -0.354 e. The second-order valence-electron chi connectivity index (χ2n) is 6.37. The van der Waals surface area contributed by atoms with Crippen LogP contribution in [0.15, 0.2) is 42.5 Å². The average molecular weight is 353 g/mol. The van der Waals surface area contributed by atoms with Crippen LogP contribution in [-0.2, 0) is 0 Å². The highest BCUT2D eigenvalue weighted by Gasteiger charge is 2.20. The van der Waals surface area contributed by atoms with Crippen molar-refractivity contribution in [3.8, 4) is 11.4 Å². The van der Waals surface area contributed by atoms with Gasteiger partial charge in [-0.1, -0.05) is 43.7 Å². The number of benzene rings is 1. The van der Waals surface area contributed by atoms with Gasteiger partial charge in [-0.3, -0.25) is 0 Å². The molecule has 3 aromatic rings. The number of fused-ring (bicyclic) bond motifs is 1. The summed E-state index contributed by atoms with van der Waals surface area (Å²) in [5, 5.41) is 14.2. The summed E-state index contributed by atoms with van der Waals surface area (Å²) < 4.78 is 1.87. The van der Waals surface area contributed by atoms with E-state index in [1.54, 1.807) is 0 Å². The Bertz CT molecular complexity index is 832. The number of hydrogen-bond acceptors (Lipinski definition) is 5. The maximum atomic E-state index is 4.88. The van der Waals surface area contributed by atoms with Crippen LogP contribution in [0.3, 0.4) is 0 Å². The maximum absolute atomic E-state index is 4.88. The van der Waals surface area contributed by atoms with Crippen molar-refractivity contribution in [2.24, 2.45) is 0 Å². The molecule has 5 nitrogen and oxygen atoms in total. The molecule has 0 amide bonds. The molecule has 4 rings (SSSR count). The van der Waals surface area contributed by atoms with Gasteiger partial charge in [0.2, 0.25) is 0 Å². The molecule has 0 bridgehead atoms. The standard InChI is InChI=1S/C19H23N5S/c1-2-25-16-10-6-7-13-23(14-16)18-12-11-17-20-21-19(24(17)22-18)15-8-4-3-5-9-15/h3-5,8-9,11-12,16H,2,6-7,10,13-14H2,1H3. The lowest BCUT2D eigenvalue weighted by molar-refractivity contribution is 0.735. The van der Waals surface area contributed by atoms with E-state index in [9.17, 15) is 0 Å². The van der Waals surface area contributed by atoms with Crippen LogP contribution in [0.2, 0.25) is 0 Å². The highest BCUT2D eigenvalue weighted by atomic mass is 32.2. The molecule has 3 heterocycles. The van der Waals surface area contributed by atoms with Crippen LogP contribution in [0.1, 0.15) is 26.2 Å². The van der Waals surface area contributed by atoms with Gasteiger partial charge in [-0.2, -0.15) is 16.3 Å². The SMILES string of the molecule is CCSC1CCCCN(c2ccc3nnc(-c4ccccc4)n3n2)C1. The first-order chi connectivity index (χ1) is 12.3. The van der Waals surface area contributed by atoms with Crippen LogP contribution in [0.25, 0.3) is 17.0 Å². The summed E-state index contributed by atoms with van der Waals surface area (Å²) in [5.74, 6) is 2.99. The molecule has 1 atom stereocenters. The normalized spacial score (nSPS) is 18.4. The Kier molecular flexibility index (Phi) is 4.88. The van der Waals surface area contributed by atoms with Gasteiger partial charge in [0.15, 0.2) is 11.5 Å². The minimum absolute atomic E-state index is 0.694. The molecule has 0 saturated carbocycles. The van der Waals surface area contributed by atoms with Crippen LogP contribution in [0, 0.1) is 0 Å². The number of rotatable bonds is 4. The number of hydrogen-bond donors (Lipinski definition) is 0. The first-order valence-corrected chi connectivity index (χ1v) is 10.0.